The van der Waals surface area contributed by atoms with E-state index in [4.69, 9.17) is 5.11 Å². The van der Waals surface area contributed by atoms with Gasteiger partial charge in [0.25, 0.3) is 0 Å². The highest BCUT2D eigenvalue weighted by atomic mass is 32.2. The smallest absolute Gasteiger partial charge is 0.303 e. The van der Waals surface area contributed by atoms with Crippen molar-refractivity contribution in [2.24, 2.45) is 0 Å². The average Bonchev–Trinajstić information content (AvgIpc) is 2.75. The minimum absolute atomic E-state index is 0.0483. The summed E-state index contributed by atoms with van der Waals surface area (Å²) in [5.41, 5.74) is 0. The van der Waals surface area contributed by atoms with Crippen molar-refractivity contribution in [3.63, 3.8) is 0 Å². The van der Waals surface area contributed by atoms with Crippen molar-refractivity contribution in [1.82, 2.24) is 5.32 Å². The molecule has 0 aromatic heterocycles. The molecule has 0 radical (unpaired) electrons. The number of carboxylic acids is 1. The molecule has 1 amide bonds. The Morgan fingerprint density at radius 3 is 2.26 bits per heavy atom. The van der Waals surface area contributed by atoms with Crippen molar-refractivity contribution in [1.29, 1.82) is 0 Å². The van der Waals surface area contributed by atoms with Gasteiger partial charge in [-0.1, -0.05) is 12.8 Å². The summed E-state index contributed by atoms with van der Waals surface area (Å²) in [6.45, 7) is 1.69. The molecule has 1 saturated carbocycles. The molecule has 110 valence electrons. The number of nitrogens with one attached hydrogen (secondary N) is 1. The summed E-state index contributed by atoms with van der Waals surface area (Å²) in [6, 6.07) is -0.345. The van der Waals surface area contributed by atoms with Gasteiger partial charge >= 0.3 is 5.97 Å². The molecular formula is C12H21NO5S. The summed E-state index contributed by atoms with van der Waals surface area (Å²) in [5.74, 6) is -1.41. The second-order valence-corrected chi connectivity index (χ2v) is 7.61. The predicted molar refractivity (Wildman–Crippen MR) is 70.5 cm³/mol. The van der Waals surface area contributed by atoms with E-state index in [2.05, 4.69) is 5.32 Å². The van der Waals surface area contributed by atoms with Crippen molar-refractivity contribution in [3.05, 3.63) is 0 Å². The van der Waals surface area contributed by atoms with E-state index in [0.29, 0.717) is 19.3 Å². The molecule has 0 saturated heterocycles. The van der Waals surface area contributed by atoms with Crippen LogP contribution in [0, 0.1) is 0 Å². The molecule has 7 heteroatoms. The van der Waals surface area contributed by atoms with E-state index in [0.717, 1.165) is 19.1 Å². The van der Waals surface area contributed by atoms with Gasteiger partial charge in [-0.05, 0) is 26.2 Å². The van der Waals surface area contributed by atoms with Crippen LogP contribution in [0.3, 0.4) is 0 Å². The first kappa shape index (κ1) is 15.9. The maximum Gasteiger partial charge on any atom is 0.303 e. The van der Waals surface area contributed by atoms with Crippen LogP contribution in [-0.2, 0) is 19.4 Å². The fourth-order valence-corrected chi connectivity index (χ4v) is 3.91. The Balaban J connectivity index is 2.72. The van der Waals surface area contributed by atoms with E-state index in [1.165, 1.54) is 0 Å². The lowest BCUT2D eigenvalue weighted by molar-refractivity contribution is -0.137. The third kappa shape index (κ3) is 3.68. The molecule has 1 rings (SSSR count). The lowest BCUT2D eigenvalue weighted by Crippen LogP contribution is -2.52. The molecular weight excluding hydrogens is 270 g/mol. The zero-order chi connectivity index (χ0) is 14.7. The Labute approximate surface area is 113 Å². The number of carbonyl (C=O) groups is 2. The number of aliphatic carboxylic acids is 1. The zero-order valence-corrected chi connectivity index (χ0v) is 12.1. The van der Waals surface area contributed by atoms with E-state index < -0.39 is 26.5 Å². The van der Waals surface area contributed by atoms with Gasteiger partial charge in [-0.25, -0.2) is 8.42 Å². The maximum absolute atomic E-state index is 12.2. The summed E-state index contributed by atoms with van der Waals surface area (Å²) in [6.07, 6.45) is 3.49. The SMILES string of the molecule is CC(CCC(=O)O)NC(=O)C1(S(C)(=O)=O)CCCC1. The van der Waals surface area contributed by atoms with E-state index in [1.807, 2.05) is 0 Å². The largest absolute Gasteiger partial charge is 0.481 e. The van der Waals surface area contributed by atoms with Gasteiger partial charge in [0.2, 0.25) is 5.91 Å². The second-order valence-electron chi connectivity index (χ2n) is 5.28. The molecule has 1 aliphatic carbocycles. The number of carbonyl (C=O) groups excluding carboxylic acids is 1. The molecule has 0 aliphatic heterocycles. The molecule has 1 atom stereocenters. The molecule has 0 aromatic rings. The zero-order valence-electron chi connectivity index (χ0n) is 11.3. The van der Waals surface area contributed by atoms with Gasteiger partial charge in [0, 0.05) is 18.7 Å². The Hall–Kier alpha value is -1.11. The number of hydrogen-bond acceptors (Lipinski definition) is 4. The highest BCUT2D eigenvalue weighted by Crippen LogP contribution is 2.36. The van der Waals surface area contributed by atoms with Crippen molar-refractivity contribution in [2.45, 2.75) is 56.2 Å². The van der Waals surface area contributed by atoms with Crippen LogP contribution in [0.25, 0.3) is 0 Å². The van der Waals surface area contributed by atoms with E-state index >= 15 is 0 Å². The monoisotopic (exact) mass is 291 g/mol. The quantitative estimate of drug-likeness (QED) is 0.750. The van der Waals surface area contributed by atoms with Gasteiger partial charge in [0.1, 0.15) is 4.75 Å². The molecule has 1 unspecified atom stereocenters. The average molecular weight is 291 g/mol. The minimum Gasteiger partial charge on any atom is -0.481 e. The number of hydrogen-bond donors (Lipinski definition) is 2. The topological polar surface area (TPSA) is 101 Å². The lowest BCUT2D eigenvalue weighted by Gasteiger charge is -2.27. The summed E-state index contributed by atoms with van der Waals surface area (Å²) in [7, 11) is -3.47. The molecule has 0 spiro atoms. The minimum atomic E-state index is -3.47. The number of amides is 1. The van der Waals surface area contributed by atoms with Crippen LogP contribution in [0.2, 0.25) is 0 Å². The molecule has 0 bridgehead atoms. The summed E-state index contributed by atoms with van der Waals surface area (Å²) in [5, 5.41) is 11.2. The van der Waals surface area contributed by atoms with Crippen molar-refractivity contribution >= 4 is 21.7 Å². The Kier molecular flexibility index (Phi) is 4.95. The molecule has 19 heavy (non-hydrogen) atoms. The Morgan fingerprint density at radius 1 is 1.32 bits per heavy atom. The summed E-state index contributed by atoms with van der Waals surface area (Å²) >= 11 is 0. The second kappa shape index (κ2) is 5.90. The van der Waals surface area contributed by atoms with Crippen LogP contribution >= 0.6 is 0 Å². The molecule has 0 aromatic carbocycles. The molecule has 1 fully saturated rings. The third-order valence-electron chi connectivity index (χ3n) is 3.70. The van der Waals surface area contributed by atoms with Crippen LogP contribution in [0.1, 0.15) is 45.4 Å². The molecule has 6 nitrogen and oxygen atoms in total. The van der Waals surface area contributed by atoms with Crippen molar-refractivity contribution in [3.8, 4) is 0 Å². The van der Waals surface area contributed by atoms with E-state index in [-0.39, 0.29) is 12.5 Å². The summed E-state index contributed by atoms with van der Waals surface area (Å²) in [4.78, 5) is 22.7. The molecule has 1 aliphatic rings. The van der Waals surface area contributed by atoms with Gasteiger partial charge in [0.15, 0.2) is 9.84 Å². The van der Waals surface area contributed by atoms with Gasteiger partial charge in [-0.3, -0.25) is 9.59 Å². The fourth-order valence-electron chi connectivity index (χ4n) is 2.48. The first-order valence-electron chi connectivity index (χ1n) is 6.41. The fraction of sp³-hybridized carbons (Fsp3) is 0.833. The van der Waals surface area contributed by atoms with Crippen LogP contribution < -0.4 is 5.32 Å². The van der Waals surface area contributed by atoms with Gasteiger partial charge in [0.05, 0.1) is 0 Å². The highest BCUT2D eigenvalue weighted by Gasteiger charge is 2.50. The van der Waals surface area contributed by atoms with Gasteiger partial charge < -0.3 is 10.4 Å². The van der Waals surface area contributed by atoms with Crippen LogP contribution in [0.5, 0.6) is 0 Å². The van der Waals surface area contributed by atoms with E-state index in [9.17, 15) is 18.0 Å². The van der Waals surface area contributed by atoms with Gasteiger partial charge in [-0.15, -0.1) is 0 Å². The number of rotatable bonds is 6. The van der Waals surface area contributed by atoms with Crippen LogP contribution in [-0.4, -0.2) is 42.4 Å². The predicted octanol–water partition coefficient (Wildman–Crippen LogP) is 0.713. The highest BCUT2D eigenvalue weighted by molar-refractivity contribution is 7.92. The van der Waals surface area contributed by atoms with Crippen LogP contribution in [0.4, 0.5) is 0 Å². The first-order chi connectivity index (χ1) is 8.69. The lowest BCUT2D eigenvalue weighted by atomic mass is 10.1. The Bertz CT molecular complexity index is 451. The first-order valence-corrected chi connectivity index (χ1v) is 8.30. The van der Waals surface area contributed by atoms with Crippen molar-refractivity contribution < 1.29 is 23.1 Å². The molecule has 0 heterocycles. The maximum atomic E-state index is 12.2. The number of carboxylic acid groups (broad SMARTS) is 1. The third-order valence-corrected chi connectivity index (χ3v) is 5.72. The standard InChI is InChI=1S/C12H21NO5S/c1-9(5-6-10(14)15)13-11(16)12(19(2,17)18)7-3-4-8-12/h9H,3-8H2,1-2H3,(H,13,16)(H,14,15). The summed E-state index contributed by atoms with van der Waals surface area (Å²) < 4.78 is 22.5. The van der Waals surface area contributed by atoms with Gasteiger partial charge in [-0.2, -0.15) is 0 Å². The van der Waals surface area contributed by atoms with Crippen molar-refractivity contribution in [2.75, 3.05) is 6.26 Å². The molecule has 2 N–H and O–H groups in total. The number of sulfone groups is 1. The van der Waals surface area contributed by atoms with Crippen LogP contribution in [0.15, 0.2) is 0 Å². The Morgan fingerprint density at radius 2 is 1.84 bits per heavy atom. The normalized spacial score (nSPS) is 19.9. The van der Waals surface area contributed by atoms with E-state index in [1.54, 1.807) is 6.92 Å².